The molecule has 0 aliphatic heterocycles. The van der Waals surface area contributed by atoms with Gasteiger partial charge >= 0.3 is 0 Å². The van der Waals surface area contributed by atoms with Gasteiger partial charge in [0.25, 0.3) is 0 Å². The Morgan fingerprint density at radius 1 is 0.444 bits per heavy atom. The number of rotatable bonds is 12. The fourth-order valence-corrected chi connectivity index (χ4v) is 3.75. The maximum absolute atomic E-state index is 5.84. The van der Waals surface area contributed by atoms with Crippen LogP contribution in [0.5, 0.6) is 23.0 Å². The molecule has 0 fully saturated rings. The first-order chi connectivity index (χ1) is 16.7. The molecule has 2 aromatic carbocycles. The zero-order valence-electron chi connectivity index (χ0n) is 25.0. The molecule has 0 saturated heterocycles. The van der Waals surface area contributed by atoms with Crippen molar-refractivity contribution >= 4 is 0 Å². The van der Waals surface area contributed by atoms with Crippen LogP contribution in [0.15, 0.2) is 36.4 Å². The maximum atomic E-state index is 5.84. The van der Waals surface area contributed by atoms with E-state index in [4.69, 9.17) is 18.9 Å². The van der Waals surface area contributed by atoms with Crippen LogP contribution in [-0.4, -0.2) is 24.4 Å². The fourth-order valence-electron chi connectivity index (χ4n) is 3.75. The third kappa shape index (κ3) is 13.7. The van der Waals surface area contributed by atoms with Gasteiger partial charge in [0.2, 0.25) is 0 Å². The molecule has 0 spiro atoms. The van der Waals surface area contributed by atoms with E-state index in [-0.39, 0.29) is 24.4 Å². The van der Waals surface area contributed by atoms with Gasteiger partial charge in [0.15, 0.2) is 11.5 Å². The summed E-state index contributed by atoms with van der Waals surface area (Å²) >= 11 is 0. The van der Waals surface area contributed by atoms with E-state index in [0.717, 1.165) is 35.8 Å². The van der Waals surface area contributed by atoms with E-state index in [1.165, 1.54) is 11.1 Å². The van der Waals surface area contributed by atoms with E-state index in [2.05, 4.69) is 52.0 Å². The second-order valence-corrected chi connectivity index (χ2v) is 11.5. The van der Waals surface area contributed by atoms with Gasteiger partial charge in [-0.2, -0.15) is 0 Å². The molecule has 0 atom stereocenters. The van der Waals surface area contributed by atoms with Crippen molar-refractivity contribution in [1.82, 2.24) is 0 Å². The van der Waals surface area contributed by atoms with Crippen molar-refractivity contribution in [3.8, 4) is 23.0 Å². The highest BCUT2D eigenvalue weighted by Gasteiger charge is 2.11. The second kappa shape index (κ2) is 15.7. The Balaban J connectivity index is 0.000000360. The van der Waals surface area contributed by atoms with Crippen LogP contribution >= 0.6 is 0 Å². The van der Waals surface area contributed by atoms with Crippen LogP contribution < -0.4 is 18.9 Å². The summed E-state index contributed by atoms with van der Waals surface area (Å²) in [6, 6.07) is 12.5. The standard InChI is InChI=1S/2C16H26O2/c1-11(2)7-14-8-15(17-12(3)4)10-16(9-14)18-13(5)6;1-11(2)9-14-7-8-15(17-12(3)4)16(10-14)18-13(5)6/h8-13H,7H2,1-6H3;7-8,10-13H,9H2,1-6H3. The fraction of sp³-hybridized carbons (Fsp3) is 0.625. The van der Waals surface area contributed by atoms with Gasteiger partial charge in [0, 0.05) is 6.07 Å². The quantitative estimate of drug-likeness (QED) is 0.291. The monoisotopic (exact) mass is 500 g/mol. The molecule has 0 heterocycles. The van der Waals surface area contributed by atoms with Crippen LogP contribution in [0, 0.1) is 11.8 Å². The number of benzene rings is 2. The highest BCUT2D eigenvalue weighted by molar-refractivity contribution is 5.43. The molecule has 2 aromatic rings. The van der Waals surface area contributed by atoms with Gasteiger partial charge in [-0.1, -0.05) is 33.8 Å². The second-order valence-electron chi connectivity index (χ2n) is 11.5. The molecule has 0 N–H and O–H groups in total. The molecule has 4 nitrogen and oxygen atoms in total. The van der Waals surface area contributed by atoms with Crippen molar-refractivity contribution in [3.05, 3.63) is 47.5 Å². The molecule has 0 amide bonds. The molecule has 0 bridgehead atoms. The Morgan fingerprint density at radius 3 is 1.28 bits per heavy atom. The smallest absolute Gasteiger partial charge is 0.161 e. The first kappa shape index (κ1) is 31.7. The summed E-state index contributed by atoms with van der Waals surface area (Å²) in [7, 11) is 0. The Bertz CT molecular complexity index is 812. The van der Waals surface area contributed by atoms with Gasteiger partial charge in [-0.15, -0.1) is 0 Å². The van der Waals surface area contributed by atoms with Crippen LogP contribution in [0.4, 0.5) is 0 Å². The predicted molar refractivity (Wildman–Crippen MR) is 153 cm³/mol. The minimum Gasteiger partial charge on any atom is -0.491 e. The van der Waals surface area contributed by atoms with Crippen LogP contribution in [0.3, 0.4) is 0 Å². The summed E-state index contributed by atoms with van der Waals surface area (Å²) in [6.45, 7) is 25.2. The molecule has 0 aliphatic rings. The van der Waals surface area contributed by atoms with Crippen molar-refractivity contribution in [3.63, 3.8) is 0 Å². The molecule has 0 aliphatic carbocycles. The number of ether oxygens (including phenoxy) is 4. The van der Waals surface area contributed by atoms with E-state index < -0.39 is 0 Å². The lowest BCUT2D eigenvalue weighted by molar-refractivity contribution is 0.198. The summed E-state index contributed by atoms with van der Waals surface area (Å²) in [5, 5.41) is 0. The summed E-state index contributed by atoms with van der Waals surface area (Å²) < 4.78 is 23.2. The van der Waals surface area contributed by atoms with E-state index in [0.29, 0.717) is 11.8 Å². The van der Waals surface area contributed by atoms with Crippen molar-refractivity contribution in [2.75, 3.05) is 0 Å². The lowest BCUT2D eigenvalue weighted by atomic mass is 10.0. The zero-order valence-corrected chi connectivity index (χ0v) is 25.0. The Labute approximate surface area is 221 Å². The average Bonchev–Trinajstić information content (AvgIpc) is 2.67. The van der Waals surface area contributed by atoms with E-state index in [9.17, 15) is 0 Å². The van der Waals surface area contributed by atoms with E-state index in [1.807, 2.05) is 67.5 Å². The molecule has 36 heavy (non-hydrogen) atoms. The van der Waals surface area contributed by atoms with Gasteiger partial charge in [-0.25, -0.2) is 0 Å². The van der Waals surface area contributed by atoms with Crippen molar-refractivity contribution in [2.24, 2.45) is 11.8 Å². The van der Waals surface area contributed by atoms with Crippen LogP contribution in [0.1, 0.15) is 94.2 Å². The summed E-state index contributed by atoms with van der Waals surface area (Å²) in [6.07, 6.45) is 2.81. The SMILES string of the molecule is CC(C)Cc1cc(OC(C)C)cc(OC(C)C)c1.CC(C)Cc1ccc(OC(C)C)c(OC(C)C)c1. The molecule has 204 valence electrons. The molecule has 2 rings (SSSR count). The molecule has 0 radical (unpaired) electrons. The predicted octanol–water partition coefficient (Wildman–Crippen LogP) is 8.92. The molecule has 0 saturated carbocycles. The Kier molecular flexibility index (Phi) is 13.8. The molecule has 0 unspecified atom stereocenters. The molecule has 0 aromatic heterocycles. The van der Waals surface area contributed by atoms with Gasteiger partial charge in [-0.3, -0.25) is 0 Å². The van der Waals surface area contributed by atoms with Crippen molar-refractivity contribution in [1.29, 1.82) is 0 Å². The first-order valence-electron chi connectivity index (χ1n) is 13.7. The third-order valence-electron chi connectivity index (χ3n) is 4.70. The highest BCUT2D eigenvalue weighted by atomic mass is 16.5. The van der Waals surface area contributed by atoms with Gasteiger partial charge < -0.3 is 18.9 Å². The molecular weight excluding hydrogens is 448 g/mol. The topological polar surface area (TPSA) is 36.9 Å². The maximum Gasteiger partial charge on any atom is 0.161 e. The number of hydrogen-bond donors (Lipinski definition) is 0. The molecular formula is C32H52O4. The normalized spacial score (nSPS) is 11.4. The van der Waals surface area contributed by atoms with Gasteiger partial charge in [0.05, 0.1) is 24.4 Å². The van der Waals surface area contributed by atoms with Crippen LogP contribution in [-0.2, 0) is 12.8 Å². The minimum atomic E-state index is 0.161. The zero-order chi connectivity index (χ0) is 27.4. The van der Waals surface area contributed by atoms with Gasteiger partial charge in [-0.05, 0) is 115 Å². The first-order valence-corrected chi connectivity index (χ1v) is 13.7. The number of hydrogen-bond acceptors (Lipinski definition) is 4. The van der Waals surface area contributed by atoms with Gasteiger partial charge in [0.1, 0.15) is 11.5 Å². The van der Waals surface area contributed by atoms with Crippen molar-refractivity contribution < 1.29 is 18.9 Å². The Morgan fingerprint density at radius 2 is 0.861 bits per heavy atom. The average molecular weight is 501 g/mol. The lowest BCUT2D eigenvalue weighted by Gasteiger charge is -2.18. The lowest BCUT2D eigenvalue weighted by Crippen LogP contribution is -2.11. The van der Waals surface area contributed by atoms with Crippen LogP contribution in [0.2, 0.25) is 0 Å². The summed E-state index contributed by atoms with van der Waals surface area (Å²) in [5.41, 5.74) is 2.58. The summed E-state index contributed by atoms with van der Waals surface area (Å²) in [4.78, 5) is 0. The highest BCUT2D eigenvalue weighted by Crippen LogP contribution is 2.31. The largest absolute Gasteiger partial charge is 0.491 e. The summed E-state index contributed by atoms with van der Waals surface area (Å²) in [5.74, 6) is 4.78. The van der Waals surface area contributed by atoms with Crippen LogP contribution in [0.25, 0.3) is 0 Å². The molecule has 4 heteroatoms. The third-order valence-corrected chi connectivity index (χ3v) is 4.70. The van der Waals surface area contributed by atoms with E-state index >= 15 is 0 Å². The minimum absolute atomic E-state index is 0.161. The Hall–Kier alpha value is -2.36. The van der Waals surface area contributed by atoms with E-state index in [1.54, 1.807) is 0 Å². The van der Waals surface area contributed by atoms with Crippen molar-refractivity contribution in [2.45, 2.75) is 120 Å².